The molecule has 1 aliphatic carbocycles. The van der Waals surface area contributed by atoms with E-state index in [2.05, 4.69) is 5.10 Å². The van der Waals surface area contributed by atoms with Gasteiger partial charge in [0.25, 0.3) is 11.6 Å². The molecule has 6 rings (SSSR count). The van der Waals surface area contributed by atoms with E-state index >= 15 is 0 Å². The lowest BCUT2D eigenvalue weighted by molar-refractivity contribution is -0.384. The van der Waals surface area contributed by atoms with Crippen LogP contribution in [-0.2, 0) is 0 Å². The summed E-state index contributed by atoms with van der Waals surface area (Å²) < 4.78 is 1.26. The zero-order valence-corrected chi connectivity index (χ0v) is 18.9. The van der Waals surface area contributed by atoms with E-state index in [0.29, 0.717) is 39.0 Å². The number of nitrogens with zero attached hydrogens (tertiary/aromatic N) is 4. The Bertz CT molecular complexity index is 1530. The first-order valence-corrected chi connectivity index (χ1v) is 11.8. The molecule has 174 valence electrons. The zero-order valence-electron chi connectivity index (χ0n) is 18.9. The number of hydrogen-bond donors (Lipinski definition) is 0. The van der Waals surface area contributed by atoms with Gasteiger partial charge < -0.3 is 4.90 Å². The second-order valence-corrected chi connectivity index (χ2v) is 9.00. The van der Waals surface area contributed by atoms with Crippen molar-refractivity contribution >= 4 is 34.0 Å². The number of nitro benzene ring substituents is 1. The largest absolute Gasteiger partial charge is 0.366 e. The van der Waals surface area contributed by atoms with Gasteiger partial charge in [-0.05, 0) is 31.0 Å². The molecule has 0 saturated carbocycles. The van der Waals surface area contributed by atoms with Gasteiger partial charge in [-0.2, -0.15) is 9.78 Å². The fraction of sp³-hybridized carbons (Fsp3) is 0.222. The summed E-state index contributed by atoms with van der Waals surface area (Å²) in [6.45, 7) is 1.52. The smallest absolute Gasteiger partial charge is 0.293 e. The first kappa shape index (κ1) is 21.2. The van der Waals surface area contributed by atoms with Gasteiger partial charge in [-0.1, -0.05) is 49.2 Å². The number of anilines is 1. The lowest BCUT2D eigenvalue weighted by atomic mass is 9.87. The van der Waals surface area contributed by atoms with Crippen molar-refractivity contribution in [2.45, 2.75) is 25.7 Å². The van der Waals surface area contributed by atoms with Crippen LogP contribution >= 0.6 is 0 Å². The predicted molar refractivity (Wildman–Crippen MR) is 132 cm³/mol. The number of carbonyl (C=O) groups excluding carboxylic acids is 2. The summed E-state index contributed by atoms with van der Waals surface area (Å²) in [5.74, 6) is -0.584. The number of rotatable bonds is 3. The summed E-state index contributed by atoms with van der Waals surface area (Å²) in [6.07, 6.45) is 4.21. The van der Waals surface area contributed by atoms with E-state index in [1.165, 1.54) is 10.7 Å². The first-order chi connectivity index (χ1) is 17.0. The van der Waals surface area contributed by atoms with Gasteiger partial charge in [0.1, 0.15) is 11.4 Å². The average Bonchev–Trinajstić information content (AvgIpc) is 3.07. The topological polar surface area (TPSA) is 98.3 Å². The summed E-state index contributed by atoms with van der Waals surface area (Å²) >= 11 is 0. The van der Waals surface area contributed by atoms with Crippen molar-refractivity contribution < 1.29 is 14.5 Å². The molecule has 0 spiro atoms. The van der Waals surface area contributed by atoms with Crippen LogP contribution in [0.25, 0.3) is 22.2 Å². The van der Waals surface area contributed by atoms with Gasteiger partial charge >= 0.3 is 0 Å². The normalized spacial score (nSPS) is 15.1. The van der Waals surface area contributed by atoms with Gasteiger partial charge in [-0.3, -0.25) is 19.7 Å². The Kier molecular flexibility index (Phi) is 4.95. The number of aromatic nitrogens is 2. The molecule has 35 heavy (non-hydrogen) atoms. The van der Waals surface area contributed by atoms with Crippen LogP contribution in [0.4, 0.5) is 11.4 Å². The van der Waals surface area contributed by atoms with E-state index in [-0.39, 0.29) is 17.0 Å². The number of fused-ring (bicyclic) bond motifs is 2. The highest BCUT2D eigenvalue weighted by molar-refractivity contribution is 6.25. The van der Waals surface area contributed by atoms with E-state index in [1.807, 2.05) is 17.0 Å². The van der Waals surface area contributed by atoms with Crippen LogP contribution in [0, 0.1) is 10.1 Å². The Balaban J connectivity index is 1.47. The van der Waals surface area contributed by atoms with Crippen LogP contribution in [0.3, 0.4) is 0 Å². The molecular formula is C27H22N4O4. The van der Waals surface area contributed by atoms with Crippen molar-refractivity contribution in [1.82, 2.24) is 9.78 Å². The van der Waals surface area contributed by atoms with E-state index in [4.69, 9.17) is 0 Å². The third kappa shape index (κ3) is 3.32. The van der Waals surface area contributed by atoms with Crippen LogP contribution < -0.4 is 4.90 Å². The third-order valence-electron chi connectivity index (χ3n) is 6.94. The van der Waals surface area contributed by atoms with Crippen LogP contribution in [0.15, 0.2) is 60.7 Å². The molecule has 2 heterocycles. The van der Waals surface area contributed by atoms with Gasteiger partial charge in [-0.25, -0.2) is 0 Å². The molecule has 1 fully saturated rings. The molecular weight excluding hydrogens is 444 g/mol. The maximum atomic E-state index is 13.6. The molecule has 3 aromatic carbocycles. The molecule has 8 nitrogen and oxygen atoms in total. The van der Waals surface area contributed by atoms with Gasteiger partial charge in [-0.15, -0.1) is 0 Å². The van der Waals surface area contributed by atoms with Crippen molar-refractivity contribution in [3.63, 3.8) is 0 Å². The molecule has 4 aromatic rings. The Morgan fingerprint density at radius 2 is 1.60 bits per heavy atom. The van der Waals surface area contributed by atoms with E-state index < -0.39 is 10.8 Å². The summed E-state index contributed by atoms with van der Waals surface area (Å²) in [6, 6.07) is 17.1. The van der Waals surface area contributed by atoms with E-state index in [0.717, 1.165) is 38.8 Å². The Hall–Kier alpha value is -4.33. The third-order valence-corrected chi connectivity index (χ3v) is 6.94. The molecule has 1 saturated heterocycles. The molecule has 1 aliphatic heterocycles. The maximum absolute atomic E-state index is 13.6. The molecule has 0 N–H and O–H groups in total. The second kappa shape index (κ2) is 8.16. The first-order valence-electron chi connectivity index (χ1n) is 11.8. The minimum absolute atomic E-state index is 0.0834. The molecule has 8 heteroatoms. The molecule has 0 atom stereocenters. The SMILES string of the molecule is O=C1c2ccccc2-c2nn(C(=O)c3ccc(N4CCCCCC4)c([N+](=O)[O-])c3)c3cccc1c23. The molecule has 0 radical (unpaired) electrons. The van der Waals surface area contributed by atoms with Gasteiger partial charge in [0.15, 0.2) is 5.78 Å². The summed E-state index contributed by atoms with van der Waals surface area (Å²) in [4.78, 5) is 40.3. The van der Waals surface area contributed by atoms with Gasteiger partial charge in [0.05, 0.1) is 10.4 Å². The summed E-state index contributed by atoms with van der Waals surface area (Å²) in [7, 11) is 0. The molecule has 2 aliphatic rings. The molecule has 0 amide bonds. The minimum Gasteiger partial charge on any atom is -0.366 e. The predicted octanol–water partition coefficient (Wildman–Crippen LogP) is 5.22. The number of nitro groups is 1. The number of carbonyl (C=O) groups is 2. The highest BCUT2D eigenvalue weighted by Crippen LogP contribution is 2.39. The van der Waals surface area contributed by atoms with Crippen LogP contribution in [0.1, 0.15) is 52.0 Å². The summed E-state index contributed by atoms with van der Waals surface area (Å²) in [5.41, 5.74) is 3.42. The van der Waals surface area contributed by atoms with E-state index in [9.17, 15) is 19.7 Å². The fourth-order valence-electron chi connectivity index (χ4n) is 5.24. The molecule has 0 bridgehead atoms. The van der Waals surface area contributed by atoms with Crippen LogP contribution in [0.2, 0.25) is 0 Å². The Morgan fingerprint density at radius 3 is 2.34 bits per heavy atom. The number of hydrogen-bond acceptors (Lipinski definition) is 6. The highest BCUT2D eigenvalue weighted by Gasteiger charge is 2.30. The van der Waals surface area contributed by atoms with Crippen molar-refractivity contribution in [3.8, 4) is 11.3 Å². The monoisotopic (exact) mass is 466 g/mol. The Morgan fingerprint density at radius 1 is 0.886 bits per heavy atom. The highest BCUT2D eigenvalue weighted by atomic mass is 16.6. The van der Waals surface area contributed by atoms with Gasteiger partial charge in [0.2, 0.25) is 0 Å². The zero-order chi connectivity index (χ0) is 24.1. The summed E-state index contributed by atoms with van der Waals surface area (Å²) in [5, 5.41) is 17.2. The average molecular weight is 466 g/mol. The van der Waals surface area contributed by atoms with Crippen molar-refractivity contribution in [2.24, 2.45) is 0 Å². The van der Waals surface area contributed by atoms with Crippen molar-refractivity contribution in [2.75, 3.05) is 18.0 Å². The standard InChI is InChI=1S/C27H22N4O4/c32-26-19-9-4-3-8-18(19)25-24-20(26)10-7-11-22(24)30(28-25)27(33)17-12-13-21(23(16-17)31(34)35)29-14-5-1-2-6-15-29/h3-4,7-13,16H,1-2,5-6,14-15H2. The number of ketones is 1. The van der Waals surface area contributed by atoms with Crippen LogP contribution in [0.5, 0.6) is 0 Å². The quantitative estimate of drug-likeness (QED) is 0.267. The second-order valence-electron chi connectivity index (χ2n) is 9.00. The lowest BCUT2D eigenvalue weighted by Crippen LogP contribution is -2.25. The Labute approximate surface area is 200 Å². The lowest BCUT2D eigenvalue weighted by Gasteiger charge is -2.22. The maximum Gasteiger partial charge on any atom is 0.293 e. The van der Waals surface area contributed by atoms with Crippen LogP contribution in [-0.4, -0.2) is 39.5 Å². The molecule has 0 unspecified atom stereocenters. The van der Waals surface area contributed by atoms with Crippen molar-refractivity contribution in [3.05, 3.63) is 87.5 Å². The number of benzene rings is 3. The van der Waals surface area contributed by atoms with E-state index in [1.54, 1.807) is 42.5 Å². The molecule has 1 aromatic heterocycles. The minimum atomic E-state index is -0.476. The van der Waals surface area contributed by atoms with Crippen molar-refractivity contribution in [1.29, 1.82) is 0 Å². The van der Waals surface area contributed by atoms with Gasteiger partial charge in [0, 0.05) is 46.8 Å². The fourth-order valence-corrected chi connectivity index (χ4v) is 5.24.